The van der Waals surface area contributed by atoms with Crippen LogP contribution < -0.4 is 0 Å². The average Bonchev–Trinajstić information content (AvgIpc) is 2.41. The van der Waals surface area contributed by atoms with Crippen LogP contribution in [0.4, 0.5) is 0 Å². The molecule has 0 aliphatic carbocycles. The van der Waals surface area contributed by atoms with Gasteiger partial charge in [-0.15, -0.1) is 0 Å². The number of carbonyl (C=O) groups is 1. The maximum atomic E-state index is 11.4. The lowest BCUT2D eigenvalue weighted by molar-refractivity contribution is -0.139. The van der Waals surface area contributed by atoms with E-state index in [9.17, 15) is 9.90 Å². The molecule has 1 unspecified atom stereocenters. The molecule has 0 heterocycles. The fraction of sp³-hybridized carbons (Fsp3) is 0.632. The van der Waals surface area contributed by atoms with E-state index in [1.54, 1.807) is 0 Å². The van der Waals surface area contributed by atoms with Gasteiger partial charge in [-0.05, 0) is 23.8 Å². The molecule has 0 saturated heterocycles. The predicted octanol–water partition coefficient (Wildman–Crippen LogP) is 5.63. The Balaban J connectivity index is 2.22. The SMILES string of the molecule is CC(C)(C)CCCCCCCC(C(=O)O)c1ccccc1. The largest absolute Gasteiger partial charge is 0.481 e. The third kappa shape index (κ3) is 7.89. The van der Waals surface area contributed by atoms with Gasteiger partial charge in [-0.3, -0.25) is 4.79 Å². The summed E-state index contributed by atoms with van der Waals surface area (Å²) in [5, 5.41) is 9.36. The van der Waals surface area contributed by atoms with Gasteiger partial charge >= 0.3 is 5.97 Å². The van der Waals surface area contributed by atoms with E-state index < -0.39 is 5.97 Å². The number of rotatable bonds is 9. The Labute approximate surface area is 129 Å². The van der Waals surface area contributed by atoms with E-state index in [1.165, 1.54) is 25.7 Å². The molecular formula is C19H30O2. The second-order valence-electron chi connectivity index (χ2n) is 7.17. The van der Waals surface area contributed by atoms with E-state index in [4.69, 9.17) is 0 Å². The van der Waals surface area contributed by atoms with Crippen LogP contribution in [-0.2, 0) is 4.79 Å². The molecule has 0 spiro atoms. The molecule has 1 aromatic rings. The monoisotopic (exact) mass is 290 g/mol. The molecule has 1 atom stereocenters. The lowest BCUT2D eigenvalue weighted by atomic mass is 9.89. The number of hydrogen-bond acceptors (Lipinski definition) is 1. The molecule has 1 aromatic carbocycles. The first kappa shape index (κ1) is 17.7. The van der Waals surface area contributed by atoms with Gasteiger partial charge in [0.05, 0.1) is 5.92 Å². The molecule has 0 aliphatic heterocycles. The maximum absolute atomic E-state index is 11.4. The Morgan fingerprint density at radius 1 is 1.00 bits per heavy atom. The fourth-order valence-electron chi connectivity index (χ4n) is 2.65. The highest BCUT2D eigenvalue weighted by Crippen LogP contribution is 2.25. The fourth-order valence-corrected chi connectivity index (χ4v) is 2.65. The molecule has 0 bridgehead atoms. The first-order valence-corrected chi connectivity index (χ1v) is 8.18. The Kier molecular flexibility index (Phi) is 7.49. The summed E-state index contributed by atoms with van der Waals surface area (Å²) in [6, 6.07) is 9.59. The van der Waals surface area contributed by atoms with E-state index in [-0.39, 0.29) is 5.92 Å². The third-order valence-corrected chi connectivity index (χ3v) is 3.92. The average molecular weight is 290 g/mol. The first-order valence-electron chi connectivity index (χ1n) is 8.18. The minimum atomic E-state index is -0.700. The zero-order valence-corrected chi connectivity index (χ0v) is 13.8. The summed E-state index contributed by atoms with van der Waals surface area (Å²) in [6.07, 6.45) is 7.93. The van der Waals surface area contributed by atoms with Gasteiger partial charge in [0.2, 0.25) is 0 Å². The van der Waals surface area contributed by atoms with Crippen LogP contribution in [0.3, 0.4) is 0 Å². The number of benzene rings is 1. The lowest BCUT2D eigenvalue weighted by Crippen LogP contribution is -2.11. The second-order valence-corrected chi connectivity index (χ2v) is 7.17. The Morgan fingerprint density at radius 3 is 2.14 bits per heavy atom. The quantitative estimate of drug-likeness (QED) is 0.598. The van der Waals surface area contributed by atoms with Gasteiger partial charge in [-0.2, -0.15) is 0 Å². The van der Waals surface area contributed by atoms with Crippen LogP contribution in [0, 0.1) is 5.41 Å². The minimum Gasteiger partial charge on any atom is -0.481 e. The smallest absolute Gasteiger partial charge is 0.310 e. The van der Waals surface area contributed by atoms with Crippen molar-refractivity contribution in [3.05, 3.63) is 35.9 Å². The van der Waals surface area contributed by atoms with E-state index in [0.29, 0.717) is 5.41 Å². The Hall–Kier alpha value is -1.31. The molecule has 0 amide bonds. The zero-order valence-electron chi connectivity index (χ0n) is 13.8. The van der Waals surface area contributed by atoms with Gasteiger partial charge in [0.25, 0.3) is 0 Å². The van der Waals surface area contributed by atoms with Crippen molar-refractivity contribution in [1.29, 1.82) is 0 Å². The molecule has 2 heteroatoms. The van der Waals surface area contributed by atoms with Gasteiger partial charge in [-0.25, -0.2) is 0 Å². The van der Waals surface area contributed by atoms with Crippen LogP contribution in [0.5, 0.6) is 0 Å². The molecule has 0 aromatic heterocycles. The van der Waals surface area contributed by atoms with Crippen molar-refractivity contribution >= 4 is 5.97 Å². The van der Waals surface area contributed by atoms with Gasteiger partial charge in [0.15, 0.2) is 0 Å². The molecule has 0 aliphatic rings. The van der Waals surface area contributed by atoms with Crippen molar-refractivity contribution in [3.8, 4) is 0 Å². The van der Waals surface area contributed by atoms with Gasteiger partial charge in [0.1, 0.15) is 0 Å². The summed E-state index contributed by atoms with van der Waals surface area (Å²) in [4.78, 5) is 11.4. The van der Waals surface area contributed by atoms with Crippen LogP contribution >= 0.6 is 0 Å². The molecule has 2 nitrogen and oxygen atoms in total. The molecule has 1 rings (SSSR count). The van der Waals surface area contributed by atoms with Crippen LogP contribution in [0.1, 0.15) is 77.2 Å². The lowest BCUT2D eigenvalue weighted by Gasteiger charge is -2.17. The number of hydrogen-bond donors (Lipinski definition) is 1. The topological polar surface area (TPSA) is 37.3 Å². The summed E-state index contributed by atoms with van der Waals surface area (Å²) in [6.45, 7) is 6.85. The maximum Gasteiger partial charge on any atom is 0.310 e. The second kappa shape index (κ2) is 8.86. The van der Waals surface area contributed by atoms with Gasteiger partial charge in [-0.1, -0.05) is 83.2 Å². The van der Waals surface area contributed by atoms with E-state index in [1.807, 2.05) is 30.3 Å². The van der Waals surface area contributed by atoms with Crippen LogP contribution in [0.15, 0.2) is 30.3 Å². The van der Waals surface area contributed by atoms with Gasteiger partial charge in [0, 0.05) is 0 Å². The number of carboxylic acids is 1. The van der Waals surface area contributed by atoms with Crippen LogP contribution in [0.25, 0.3) is 0 Å². The van der Waals surface area contributed by atoms with Crippen molar-refractivity contribution in [2.75, 3.05) is 0 Å². The van der Waals surface area contributed by atoms with Crippen molar-refractivity contribution in [2.24, 2.45) is 5.41 Å². The number of carboxylic acid groups (broad SMARTS) is 1. The molecule has 0 radical (unpaired) electrons. The highest BCUT2D eigenvalue weighted by molar-refractivity contribution is 5.75. The highest BCUT2D eigenvalue weighted by Gasteiger charge is 2.18. The standard InChI is InChI=1S/C19H30O2/c1-19(2,3)15-11-6-4-5-10-14-17(18(20)21)16-12-8-7-9-13-16/h7-9,12-13,17H,4-6,10-11,14-15H2,1-3H3,(H,20,21). The molecule has 21 heavy (non-hydrogen) atoms. The molecular weight excluding hydrogens is 260 g/mol. The van der Waals surface area contributed by atoms with Crippen molar-refractivity contribution in [2.45, 2.75) is 71.6 Å². The Bertz CT molecular complexity index is 403. The summed E-state index contributed by atoms with van der Waals surface area (Å²) in [5.74, 6) is -1.05. The van der Waals surface area contributed by atoms with E-state index >= 15 is 0 Å². The number of aliphatic carboxylic acids is 1. The van der Waals surface area contributed by atoms with Crippen LogP contribution in [0.2, 0.25) is 0 Å². The predicted molar refractivity (Wildman–Crippen MR) is 88.6 cm³/mol. The number of unbranched alkanes of at least 4 members (excludes halogenated alkanes) is 4. The molecule has 0 saturated carbocycles. The van der Waals surface area contributed by atoms with Crippen molar-refractivity contribution in [3.63, 3.8) is 0 Å². The molecule has 1 N–H and O–H groups in total. The van der Waals surface area contributed by atoms with E-state index in [2.05, 4.69) is 20.8 Å². The normalized spacial score (nSPS) is 13.1. The van der Waals surface area contributed by atoms with Gasteiger partial charge < -0.3 is 5.11 Å². The summed E-state index contributed by atoms with van der Waals surface area (Å²) in [7, 11) is 0. The zero-order chi connectivity index (χ0) is 15.7. The molecule has 0 fully saturated rings. The van der Waals surface area contributed by atoms with Crippen molar-refractivity contribution in [1.82, 2.24) is 0 Å². The molecule has 118 valence electrons. The van der Waals surface area contributed by atoms with Crippen LogP contribution in [-0.4, -0.2) is 11.1 Å². The van der Waals surface area contributed by atoms with E-state index in [0.717, 1.165) is 24.8 Å². The summed E-state index contributed by atoms with van der Waals surface area (Å²) >= 11 is 0. The van der Waals surface area contributed by atoms with Crippen molar-refractivity contribution < 1.29 is 9.90 Å². The third-order valence-electron chi connectivity index (χ3n) is 3.92. The minimum absolute atomic E-state index is 0.347. The highest BCUT2D eigenvalue weighted by atomic mass is 16.4. The summed E-state index contributed by atoms with van der Waals surface area (Å²) in [5.41, 5.74) is 1.36. The summed E-state index contributed by atoms with van der Waals surface area (Å²) < 4.78 is 0. The first-order chi connectivity index (χ1) is 9.90. The Morgan fingerprint density at radius 2 is 1.57 bits per heavy atom.